The Hall–Kier alpha value is -2.39. The molecule has 0 saturated carbocycles. The number of aliphatic hydroxyl groups is 1. The van der Waals surface area contributed by atoms with Crippen LogP contribution in [0.15, 0.2) is 60.8 Å². The molecular formula is C16H13NO2. The van der Waals surface area contributed by atoms with E-state index in [0.717, 1.165) is 4.98 Å². The molecule has 2 aromatic carbocycles. The molecule has 0 amide bonds. The lowest BCUT2D eigenvalue weighted by atomic mass is 10.00. The average Bonchev–Trinajstić information content (AvgIpc) is 2.87. The number of carbonyl (C=O) groups excluding carboxylic acids is 1. The quantitative estimate of drug-likeness (QED) is 0.702. The molecule has 0 aliphatic rings. The number of aromatic nitrogens is 1. The van der Waals surface area contributed by atoms with Crippen molar-refractivity contribution in [3.63, 3.8) is 0 Å². The van der Waals surface area contributed by atoms with E-state index in [1.165, 1.54) is 6.20 Å². The standard InChI is InChI=1S/C16H13NO2/c18-15(11-6-2-1-3-7-11)16(19)13-10-17-14-9-5-4-8-12(13)14/h1-10,15,17-18H/i18D/hD. The van der Waals surface area contributed by atoms with Crippen molar-refractivity contribution in [1.29, 1.82) is 1.43 Å². The van der Waals surface area contributed by atoms with Gasteiger partial charge in [0.05, 0.1) is 0 Å². The summed E-state index contributed by atoms with van der Waals surface area (Å²) in [5, 5.41) is 5.33. The van der Waals surface area contributed by atoms with E-state index in [2.05, 4.69) is 5.11 Å². The molecule has 3 rings (SSSR count). The molecule has 2 N–H and O–H groups in total. The van der Waals surface area contributed by atoms with Gasteiger partial charge in [-0.05, 0) is 11.6 Å². The van der Waals surface area contributed by atoms with Crippen LogP contribution < -0.4 is 0 Å². The zero-order chi connectivity index (χ0) is 14.8. The monoisotopic (exact) mass is 253 g/mol. The smallest absolute Gasteiger partial charge is 0.212 e. The molecule has 0 bridgehead atoms. The first kappa shape index (κ1) is 9.53. The normalized spacial score (nSPS) is 13.9. The van der Waals surface area contributed by atoms with Crippen molar-refractivity contribution >= 4 is 16.7 Å². The fourth-order valence-electron chi connectivity index (χ4n) is 2.13. The number of benzene rings is 2. The number of hydrogen-bond acceptors (Lipinski definition) is 2. The molecule has 3 nitrogen and oxygen atoms in total. The predicted molar refractivity (Wildman–Crippen MR) is 74.0 cm³/mol. The molecule has 3 aromatic rings. The second-order valence-electron chi connectivity index (χ2n) is 4.34. The van der Waals surface area contributed by atoms with Crippen molar-refractivity contribution in [1.82, 2.24) is 4.98 Å². The van der Waals surface area contributed by atoms with Gasteiger partial charge < -0.3 is 10.1 Å². The van der Waals surface area contributed by atoms with Crippen LogP contribution in [0, 0.1) is 0 Å². The number of nitrogens with one attached hydrogen (secondary N) is 1. The third-order valence-corrected chi connectivity index (χ3v) is 3.13. The molecule has 3 heteroatoms. The van der Waals surface area contributed by atoms with Crippen LogP contribution >= 0.6 is 0 Å². The summed E-state index contributed by atoms with van der Waals surface area (Å²) in [6.45, 7) is 0. The Kier molecular flexibility index (Phi) is 2.36. The van der Waals surface area contributed by atoms with Gasteiger partial charge in [0.2, 0.25) is 1.43 Å². The van der Waals surface area contributed by atoms with Gasteiger partial charge in [0, 0.05) is 22.7 Å². The molecule has 0 fully saturated rings. The Labute approximate surface area is 113 Å². The first-order chi connectivity index (χ1) is 10.2. The number of H-pyrrole nitrogens is 1. The Balaban J connectivity index is 2.07. The zero-order valence-electron chi connectivity index (χ0n) is 12.1. The summed E-state index contributed by atoms with van der Waals surface area (Å²) in [7, 11) is 0. The van der Waals surface area contributed by atoms with Crippen LogP contribution in [0.5, 0.6) is 0 Å². The van der Waals surface area contributed by atoms with Crippen LogP contribution in [0.25, 0.3) is 10.9 Å². The maximum atomic E-state index is 12.7. The summed E-state index contributed by atoms with van der Waals surface area (Å²) in [5.74, 6) is -0.321. The zero-order valence-corrected chi connectivity index (χ0v) is 10.1. The molecule has 1 atom stereocenters. The highest BCUT2D eigenvalue weighted by molar-refractivity contribution is 6.10. The highest BCUT2D eigenvalue weighted by Gasteiger charge is 2.21. The first-order valence-corrected chi connectivity index (χ1v) is 6.03. The Morgan fingerprint density at radius 1 is 1.16 bits per heavy atom. The topological polar surface area (TPSA) is 53.1 Å². The number of aromatic amines is 1. The van der Waals surface area contributed by atoms with Gasteiger partial charge in [-0.3, -0.25) is 4.79 Å². The number of Topliss-reactive ketones (excluding diaryl/α,β-unsaturated/α-hetero) is 1. The number of hydrogen-bond donors (Lipinski definition) is 2. The van der Waals surface area contributed by atoms with Crippen LogP contribution in [0.1, 0.15) is 22.0 Å². The van der Waals surface area contributed by atoms with Crippen molar-refractivity contribution in [2.24, 2.45) is 0 Å². The summed E-state index contributed by atoms with van der Waals surface area (Å²) in [6, 6.07) is 16.1. The Morgan fingerprint density at radius 3 is 2.68 bits per heavy atom. The molecule has 0 saturated heterocycles. The minimum atomic E-state index is -0.989. The fraction of sp³-hybridized carbons (Fsp3) is 0.0625. The summed E-state index contributed by atoms with van der Waals surface area (Å²) in [5.41, 5.74) is 1.67. The number of aliphatic hydroxyl groups excluding tert-OH is 1. The third-order valence-electron chi connectivity index (χ3n) is 3.13. The summed E-state index contributed by atoms with van der Waals surface area (Å²) >= 11 is 0. The predicted octanol–water partition coefficient (Wildman–Crippen LogP) is 3.08. The lowest BCUT2D eigenvalue weighted by Gasteiger charge is -2.09. The number of fused-ring (bicyclic) bond motifs is 1. The first-order valence-electron chi connectivity index (χ1n) is 6.88. The molecule has 19 heavy (non-hydrogen) atoms. The minimum absolute atomic E-state index is 0.321. The van der Waals surface area contributed by atoms with Crippen LogP contribution in [0.3, 0.4) is 0 Å². The van der Waals surface area contributed by atoms with Gasteiger partial charge >= 0.3 is 0 Å². The van der Waals surface area contributed by atoms with Gasteiger partial charge in [-0.2, -0.15) is 0 Å². The molecular weight excluding hydrogens is 238 g/mol. The fourth-order valence-corrected chi connectivity index (χ4v) is 2.13. The van der Waals surface area contributed by atoms with Crippen LogP contribution in [-0.4, -0.2) is 17.3 Å². The molecule has 1 heterocycles. The molecule has 1 unspecified atom stereocenters. The van der Waals surface area contributed by atoms with Crippen LogP contribution in [0.4, 0.5) is 0 Å². The van der Waals surface area contributed by atoms with E-state index in [1.54, 1.807) is 36.4 Å². The Morgan fingerprint density at radius 2 is 1.89 bits per heavy atom. The van der Waals surface area contributed by atoms with Crippen molar-refractivity contribution in [3.8, 4) is 0 Å². The summed E-state index contributed by atoms with van der Waals surface area (Å²) in [4.78, 5) is 13.8. The second kappa shape index (κ2) is 4.71. The van der Waals surface area contributed by atoms with E-state index in [1.807, 2.05) is 18.2 Å². The largest absolute Gasteiger partial charge is 0.380 e. The minimum Gasteiger partial charge on any atom is -0.380 e. The average molecular weight is 253 g/mol. The van der Waals surface area contributed by atoms with Crippen LogP contribution in [0.2, 0.25) is 1.41 Å². The number of para-hydroxylation sites is 1. The maximum absolute atomic E-state index is 12.7. The van der Waals surface area contributed by atoms with Crippen molar-refractivity contribution < 1.29 is 11.3 Å². The van der Waals surface area contributed by atoms with Gasteiger partial charge in [-0.1, -0.05) is 48.5 Å². The maximum Gasteiger partial charge on any atom is 0.212 e. The molecule has 1 aromatic heterocycles. The van der Waals surface area contributed by atoms with E-state index in [-0.39, 0.29) is 5.78 Å². The number of ketones is 1. The van der Waals surface area contributed by atoms with E-state index >= 15 is 0 Å². The van der Waals surface area contributed by atoms with Gasteiger partial charge in [0.1, 0.15) is 6.10 Å². The molecule has 0 aliphatic carbocycles. The third kappa shape index (κ3) is 2.04. The van der Waals surface area contributed by atoms with E-state index in [9.17, 15) is 4.79 Å². The van der Waals surface area contributed by atoms with Gasteiger partial charge in [-0.25, -0.2) is 0 Å². The van der Waals surface area contributed by atoms with E-state index in [0.29, 0.717) is 22.0 Å². The van der Waals surface area contributed by atoms with Crippen molar-refractivity contribution in [2.45, 2.75) is 6.10 Å². The molecule has 0 aliphatic heterocycles. The van der Waals surface area contributed by atoms with Crippen molar-refractivity contribution in [3.05, 3.63) is 71.9 Å². The lowest BCUT2D eigenvalue weighted by Crippen LogP contribution is -2.11. The van der Waals surface area contributed by atoms with E-state index < -0.39 is 6.10 Å². The molecule has 0 radical (unpaired) electrons. The van der Waals surface area contributed by atoms with Gasteiger partial charge in [-0.15, -0.1) is 0 Å². The van der Waals surface area contributed by atoms with Gasteiger partial charge in [0.15, 0.2) is 7.20 Å². The highest BCUT2D eigenvalue weighted by atomic mass is 16.3. The highest BCUT2D eigenvalue weighted by Crippen LogP contribution is 2.24. The van der Waals surface area contributed by atoms with Crippen molar-refractivity contribution in [2.75, 3.05) is 0 Å². The lowest BCUT2D eigenvalue weighted by molar-refractivity contribution is 0.0749. The Bertz CT molecular complexity index is 783. The summed E-state index contributed by atoms with van der Waals surface area (Å²) in [6.07, 6.45) is 0.471. The van der Waals surface area contributed by atoms with Crippen LogP contribution in [-0.2, 0) is 0 Å². The molecule has 94 valence electrons. The number of rotatable bonds is 4. The number of carbonyl (C=O) groups is 1. The van der Waals surface area contributed by atoms with Gasteiger partial charge in [0.25, 0.3) is 0 Å². The molecule has 0 spiro atoms. The SMILES string of the molecule is [2H]OC(C(=O)c1cn([2H])c2ccccc12)c1ccccc1. The van der Waals surface area contributed by atoms with E-state index in [4.69, 9.17) is 2.84 Å². The second-order valence-corrected chi connectivity index (χ2v) is 4.34. The summed E-state index contributed by atoms with van der Waals surface area (Å²) < 4.78 is 15.1.